The van der Waals surface area contributed by atoms with Gasteiger partial charge in [-0.05, 0) is 197 Å². The summed E-state index contributed by atoms with van der Waals surface area (Å²) in [5.74, 6) is 17.7. The molecule has 0 aliphatic heterocycles. The van der Waals surface area contributed by atoms with E-state index in [4.69, 9.17) is 0 Å². The van der Waals surface area contributed by atoms with Crippen LogP contribution in [0.2, 0.25) is 0 Å². The molecule has 0 aromatic heterocycles. The Labute approximate surface area is 254 Å². The first-order valence-electron chi connectivity index (χ1n) is 20.0. The molecule has 0 saturated heterocycles. The zero-order valence-electron chi connectivity index (χ0n) is 26.7. The van der Waals surface area contributed by atoms with Gasteiger partial charge in [-0.15, -0.1) is 0 Å². The van der Waals surface area contributed by atoms with Gasteiger partial charge in [0, 0.05) is 0 Å². The van der Waals surface area contributed by atoms with E-state index in [-0.39, 0.29) is 0 Å². The van der Waals surface area contributed by atoms with Crippen LogP contribution in [0.5, 0.6) is 0 Å². The Morgan fingerprint density at radius 1 is 0.341 bits per heavy atom. The minimum Gasteiger partial charge on any atom is -0.0882 e. The highest BCUT2D eigenvalue weighted by Gasteiger charge is 2.58. The van der Waals surface area contributed by atoms with Crippen LogP contribution in [-0.4, -0.2) is 0 Å². The molecule has 41 heavy (non-hydrogen) atoms. The van der Waals surface area contributed by atoms with Gasteiger partial charge in [-0.1, -0.05) is 57.1 Å². The second-order valence-corrected chi connectivity index (χ2v) is 18.3. The van der Waals surface area contributed by atoms with E-state index in [1.54, 1.807) is 135 Å². The average molecular weight is 557 g/mol. The lowest BCUT2D eigenvalue weighted by molar-refractivity contribution is -0.144. The van der Waals surface area contributed by atoms with Crippen molar-refractivity contribution in [3.05, 3.63) is 12.2 Å². The first-order chi connectivity index (χ1) is 20.3. The van der Waals surface area contributed by atoms with Gasteiger partial charge in [-0.25, -0.2) is 0 Å². The van der Waals surface area contributed by atoms with E-state index in [1.807, 2.05) is 0 Å². The van der Waals surface area contributed by atoms with Gasteiger partial charge in [0.1, 0.15) is 0 Å². The molecule has 8 saturated carbocycles. The van der Waals surface area contributed by atoms with Gasteiger partial charge in [-0.2, -0.15) is 0 Å². The molecule has 0 spiro atoms. The molecule has 0 N–H and O–H groups in total. The first-order valence-corrected chi connectivity index (χ1v) is 20.0. The molecule has 9 aliphatic carbocycles. The molecule has 0 heteroatoms. The molecule has 0 aromatic rings. The summed E-state index contributed by atoms with van der Waals surface area (Å²) < 4.78 is 0. The molecule has 0 heterocycles. The normalized spacial score (nSPS) is 56.4. The molecular weight excluding hydrogens is 492 g/mol. The number of allylic oxidation sites excluding steroid dienone is 2. The Bertz CT molecular complexity index is 946. The first kappa shape index (κ1) is 27.1. The van der Waals surface area contributed by atoms with E-state index in [1.165, 1.54) is 12.8 Å². The van der Waals surface area contributed by atoms with Crippen molar-refractivity contribution in [1.29, 1.82) is 0 Å². The SMILES string of the molecule is C1=CC2C(CC1)CC(C1CCC3CCC4C(C5CCC6CCCCC(C6)C5)CCC5CCC1C3C54)C1CCCCC21. The van der Waals surface area contributed by atoms with Crippen molar-refractivity contribution in [3.63, 3.8) is 0 Å². The highest BCUT2D eigenvalue weighted by molar-refractivity contribution is 5.10. The van der Waals surface area contributed by atoms with E-state index >= 15 is 0 Å². The van der Waals surface area contributed by atoms with Gasteiger partial charge in [-0.3, -0.25) is 0 Å². The van der Waals surface area contributed by atoms with Crippen molar-refractivity contribution >= 4 is 0 Å². The van der Waals surface area contributed by atoms with E-state index in [9.17, 15) is 0 Å². The third-order valence-corrected chi connectivity index (χ3v) is 17.1. The summed E-state index contributed by atoms with van der Waals surface area (Å²) >= 11 is 0. The monoisotopic (exact) mass is 557 g/mol. The highest BCUT2D eigenvalue weighted by Crippen LogP contribution is 2.66. The van der Waals surface area contributed by atoms with Gasteiger partial charge in [0.15, 0.2) is 0 Å². The second-order valence-electron chi connectivity index (χ2n) is 18.3. The summed E-state index contributed by atoms with van der Waals surface area (Å²) in [5, 5.41) is 0. The molecule has 8 fully saturated rings. The average Bonchev–Trinajstić information content (AvgIpc) is 3.39. The minimum atomic E-state index is 0.971. The fourth-order valence-corrected chi connectivity index (χ4v) is 15.8. The molecule has 0 nitrogen and oxygen atoms in total. The Hall–Kier alpha value is -0.260. The molecule has 0 amide bonds. The smallest absolute Gasteiger partial charge is 0.0174 e. The maximum atomic E-state index is 2.74. The summed E-state index contributed by atoms with van der Waals surface area (Å²) in [6.07, 6.45) is 42.1. The maximum Gasteiger partial charge on any atom is -0.0174 e. The fourth-order valence-electron chi connectivity index (χ4n) is 15.8. The van der Waals surface area contributed by atoms with E-state index in [0.29, 0.717) is 0 Å². The van der Waals surface area contributed by atoms with Crippen LogP contribution in [0, 0.1) is 94.7 Å². The molecule has 16 atom stereocenters. The Morgan fingerprint density at radius 2 is 0.951 bits per heavy atom. The Kier molecular flexibility index (Phi) is 7.45. The van der Waals surface area contributed by atoms with Gasteiger partial charge < -0.3 is 0 Å². The topological polar surface area (TPSA) is 0 Å². The standard InChI is InChI=1S/C41H64/c1-2-8-27-23-26(7-1)13-14-31(24-27)33-19-15-28-18-22-38-36(20-16-29-17-21-37(33)40(28)41(29)38)39-25-30-9-3-4-10-32(30)34-11-5-6-12-35(34)39/h4,10,26-41H,1-3,5-9,11-25H2. The Balaban J connectivity index is 0.979. The molecule has 0 radical (unpaired) electrons. The van der Waals surface area contributed by atoms with Crippen LogP contribution in [0.25, 0.3) is 0 Å². The molecule has 228 valence electrons. The predicted molar refractivity (Wildman–Crippen MR) is 171 cm³/mol. The van der Waals surface area contributed by atoms with Gasteiger partial charge in [0.2, 0.25) is 0 Å². The van der Waals surface area contributed by atoms with E-state index in [0.717, 1.165) is 94.7 Å². The minimum absolute atomic E-state index is 0.971. The van der Waals surface area contributed by atoms with Crippen molar-refractivity contribution in [1.82, 2.24) is 0 Å². The summed E-state index contributed by atoms with van der Waals surface area (Å²) in [7, 11) is 0. The second kappa shape index (κ2) is 11.3. The summed E-state index contributed by atoms with van der Waals surface area (Å²) in [6, 6.07) is 0. The third kappa shape index (κ3) is 4.70. The van der Waals surface area contributed by atoms with Crippen LogP contribution in [-0.2, 0) is 0 Å². The van der Waals surface area contributed by atoms with Crippen LogP contribution in [0.3, 0.4) is 0 Å². The Morgan fingerprint density at radius 3 is 1.76 bits per heavy atom. The van der Waals surface area contributed by atoms with Gasteiger partial charge in [0.25, 0.3) is 0 Å². The number of fused-ring (bicyclic) bond motifs is 5. The molecule has 9 aliphatic rings. The zero-order chi connectivity index (χ0) is 26.9. The molecular formula is C41H64. The van der Waals surface area contributed by atoms with Crippen LogP contribution >= 0.6 is 0 Å². The van der Waals surface area contributed by atoms with Crippen LogP contribution in [0.15, 0.2) is 12.2 Å². The van der Waals surface area contributed by atoms with Crippen LogP contribution in [0.1, 0.15) is 148 Å². The highest BCUT2D eigenvalue weighted by atomic mass is 14.6. The summed E-state index contributed by atoms with van der Waals surface area (Å²) in [4.78, 5) is 0. The van der Waals surface area contributed by atoms with Crippen molar-refractivity contribution < 1.29 is 0 Å². The molecule has 16 unspecified atom stereocenters. The van der Waals surface area contributed by atoms with Crippen molar-refractivity contribution in [2.45, 2.75) is 148 Å². The number of rotatable bonds is 2. The lowest BCUT2D eigenvalue weighted by Crippen LogP contribution is -2.56. The number of hydrogen-bond acceptors (Lipinski definition) is 0. The van der Waals surface area contributed by atoms with Crippen molar-refractivity contribution in [2.24, 2.45) is 94.7 Å². The maximum absolute atomic E-state index is 2.74. The lowest BCUT2D eigenvalue weighted by Gasteiger charge is -2.63. The quantitative estimate of drug-likeness (QED) is 0.297. The molecule has 9 rings (SSSR count). The zero-order valence-corrected chi connectivity index (χ0v) is 26.7. The largest absolute Gasteiger partial charge is 0.0882 e. The summed E-state index contributed by atoms with van der Waals surface area (Å²) in [5.41, 5.74) is 0. The predicted octanol–water partition coefficient (Wildman–Crippen LogP) is 11.5. The third-order valence-electron chi connectivity index (χ3n) is 17.1. The lowest BCUT2D eigenvalue weighted by atomic mass is 9.42. The molecule has 2 bridgehead atoms. The summed E-state index contributed by atoms with van der Waals surface area (Å²) in [6.45, 7) is 0. The van der Waals surface area contributed by atoms with Crippen molar-refractivity contribution in [2.75, 3.05) is 0 Å². The van der Waals surface area contributed by atoms with E-state index < -0.39 is 0 Å². The van der Waals surface area contributed by atoms with Gasteiger partial charge >= 0.3 is 0 Å². The fraction of sp³-hybridized carbons (Fsp3) is 0.951. The van der Waals surface area contributed by atoms with Crippen LogP contribution < -0.4 is 0 Å². The van der Waals surface area contributed by atoms with Crippen LogP contribution in [0.4, 0.5) is 0 Å². The van der Waals surface area contributed by atoms with Crippen molar-refractivity contribution in [3.8, 4) is 0 Å². The van der Waals surface area contributed by atoms with Gasteiger partial charge in [0.05, 0.1) is 0 Å². The molecule has 0 aromatic carbocycles. The van der Waals surface area contributed by atoms with E-state index in [2.05, 4.69) is 12.2 Å². The number of hydrogen-bond donors (Lipinski definition) is 0.